The van der Waals surface area contributed by atoms with Crippen molar-refractivity contribution in [1.29, 1.82) is 5.26 Å². The molecule has 0 fully saturated rings. The first-order valence-electron chi connectivity index (χ1n) is 5.68. The Morgan fingerprint density at radius 1 is 1.11 bits per heavy atom. The van der Waals surface area contributed by atoms with Crippen molar-refractivity contribution >= 4 is 5.95 Å². The Balaban J connectivity index is 2.22. The zero-order valence-electron chi connectivity index (χ0n) is 10.5. The maximum Gasteiger partial charge on any atom is 0.225 e. The van der Waals surface area contributed by atoms with Gasteiger partial charge in [0.1, 0.15) is 6.54 Å². The van der Waals surface area contributed by atoms with Gasteiger partial charge in [-0.3, -0.25) is 0 Å². The van der Waals surface area contributed by atoms with E-state index in [1.54, 1.807) is 24.3 Å². The molecule has 0 unspecified atom stereocenters. The summed E-state index contributed by atoms with van der Waals surface area (Å²) < 4.78 is 0. The summed E-state index contributed by atoms with van der Waals surface area (Å²) >= 11 is 0. The molecule has 1 heterocycles. The van der Waals surface area contributed by atoms with E-state index in [9.17, 15) is 0 Å². The maximum atomic E-state index is 8.61. The van der Waals surface area contributed by atoms with Crippen LogP contribution < -0.4 is 4.90 Å². The number of hydrogen-bond donors (Lipinski definition) is 0. The Hall–Kier alpha value is -2.41. The van der Waals surface area contributed by atoms with Crippen molar-refractivity contribution in [3.8, 4) is 17.2 Å². The molecule has 0 radical (unpaired) electrons. The van der Waals surface area contributed by atoms with Crippen LogP contribution in [-0.2, 0) is 0 Å². The van der Waals surface area contributed by atoms with Crippen LogP contribution in [0.4, 0.5) is 5.95 Å². The van der Waals surface area contributed by atoms with Crippen LogP contribution in [0.5, 0.6) is 0 Å². The number of nitrogens with zero attached hydrogens (tertiary/aromatic N) is 4. The van der Waals surface area contributed by atoms with Gasteiger partial charge in [-0.05, 0) is 12.5 Å². The lowest BCUT2D eigenvalue weighted by atomic mass is 10.1. The highest BCUT2D eigenvalue weighted by Gasteiger charge is 2.04. The summed E-state index contributed by atoms with van der Waals surface area (Å²) in [5.41, 5.74) is 3.30. The van der Waals surface area contributed by atoms with Crippen molar-refractivity contribution in [1.82, 2.24) is 9.97 Å². The number of nitriles is 1. The number of benzene rings is 1. The highest BCUT2D eigenvalue weighted by molar-refractivity contribution is 5.62. The largest absolute Gasteiger partial charge is 0.331 e. The monoisotopic (exact) mass is 238 g/mol. The van der Waals surface area contributed by atoms with Crippen LogP contribution in [0.2, 0.25) is 0 Å². The molecule has 0 bridgehead atoms. The second-order valence-corrected chi connectivity index (χ2v) is 4.15. The van der Waals surface area contributed by atoms with E-state index in [1.165, 1.54) is 5.56 Å². The van der Waals surface area contributed by atoms with E-state index in [0.29, 0.717) is 5.95 Å². The lowest BCUT2D eigenvalue weighted by molar-refractivity contribution is 0.947. The first-order chi connectivity index (χ1) is 8.70. The summed E-state index contributed by atoms with van der Waals surface area (Å²) in [7, 11) is 1.80. The minimum atomic E-state index is 0.282. The van der Waals surface area contributed by atoms with Crippen LogP contribution in [-0.4, -0.2) is 23.6 Å². The van der Waals surface area contributed by atoms with Gasteiger partial charge in [0.05, 0.1) is 6.07 Å². The highest BCUT2D eigenvalue weighted by Crippen LogP contribution is 2.19. The van der Waals surface area contributed by atoms with Gasteiger partial charge in [0.2, 0.25) is 5.95 Å². The average molecular weight is 238 g/mol. The fourth-order valence-corrected chi connectivity index (χ4v) is 1.59. The topological polar surface area (TPSA) is 52.8 Å². The summed E-state index contributed by atoms with van der Waals surface area (Å²) in [6.07, 6.45) is 3.56. The molecule has 4 nitrogen and oxygen atoms in total. The van der Waals surface area contributed by atoms with E-state index >= 15 is 0 Å². The van der Waals surface area contributed by atoms with Gasteiger partial charge in [-0.25, -0.2) is 9.97 Å². The first-order valence-corrected chi connectivity index (χ1v) is 5.68. The summed E-state index contributed by atoms with van der Waals surface area (Å²) in [5.74, 6) is 0.562. The van der Waals surface area contributed by atoms with E-state index in [-0.39, 0.29) is 6.54 Å². The second kappa shape index (κ2) is 5.28. The van der Waals surface area contributed by atoms with Gasteiger partial charge >= 0.3 is 0 Å². The molecule has 18 heavy (non-hydrogen) atoms. The standard InChI is InChI=1S/C14H14N4/c1-11-3-5-12(6-4-11)13-9-16-14(17-10-13)18(2)8-7-15/h3-6,9-10H,8H2,1-2H3. The summed E-state index contributed by atoms with van der Waals surface area (Å²) in [4.78, 5) is 10.2. The molecule has 0 saturated heterocycles. The van der Waals surface area contributed by atoms with Crippen molar-refractivity contribution in [2.45, 2.75) is 6.92 Å². The normalized spacial score (nSPS) is 9.83. The lowest BCUT2D eigenvalue weighted by Crippen LogP contribution is -2.19. The zero-order valence-corrected chi connectivity index (χ0v) is 10.5. The van der Waals surface area contributed by atoms with Gasteiger partial charge < -0.3 is 4.90 Å². The minimum absolute atomic E-state index is 0.282. The van der Waals surface area contributed by atoms with Crippen LogP contribution >= 0.6 is 0 Å². The Labute approximate surface area is 107 Å². The Kier molecular flexibility index (Phi) is 3.54. The van der Waals surface area contributed by atoms with Crippen molar-refractivity contribution in [2.24, 2.45) is 0 Å². The molecule has 0 N–H and O–H groups in total. The average Bonchev–Trinajstić information content (AvgIpc) is 2.40. The van der Waals surface area contributed by atoms with Crippen LogP contribution in [0.25, 0.3) is 11.1 Å². The smallest absolute Gasteiger partial charge is 0.225 e. The minimum Gasteiger partial charge on any atom is -0.331 e. The Morgan fingerprint density at radius 2 is 1.72 bits per heavy atom. The van der Waals surface area contributed by atoms with E-state index in [0.717, 1.165) is 11.1 Å². The Morgan fingerprint density at radius 3 is 2.28 bits per heavy atom. The predicted octanol–water partition coefficient (Wildman–Crippen LogP) is 2.41. The van der Waals surface area contributed by atoms with E-state index < -0.39 is 0 Å². The molecule has 0 aliphatic rings. The number of anilines is 1. The number of hydrogen-bond acceptors (Lipinski definition) is 4. The van der Waals surface area contributed by atoms with E-state index in [4.69, 9.17) is 5.26 Å². The number of aryl methyl sites for hydroxylation is 1. The molecule has 4 heteroatoms. The number of rotatable bonds is 3. The molecule has 90 valence electrons. The number of aromatic nitrogens is 2. The van der Waals surface area contributed by atoms with Crippen LogP contribution in [0.15, 0.2) is 36.7 Å². The zero-order chi connectivity index (χ0) is 13.0. The predicted molar refractivity (Wildman–Crippen MR) is 71.1 cm³/mol. The third-order valence-corrected chi connectivity index (χ3v) is 2.67. The van der Waals surface area contributed by atoms with E-state index in [2.05, 4.69) is 35.1 Å². The van der Waals surface area contributed by atoms with Crippen molar-refractivity contribution in [2.75, 3.05) is 18.5 Å². The van der Waals surface area contributed by atoms with Gasteiger partial charge in [-0.15, -0.1) is 0 Å². The molecule has 2 rings (SSSR count). The van der Waals surface area contributed by atoms with Crippen LogP contribution in [0.1, 0.15) is 5.56 Å². The van der Waals surface area contributed by atoms with Gasteiger partial charge in [0.15, 0.2) is 0 Å². The van der Waals surface area contributed by atoms with Gasteiger partial charge in [0, 0.05) is 25.0 Å². The molecule has 1 aromatic heterocycles. The summed E-state index contributed by atoms with van der Waals surface area (Å²) in [6, 6.07) is 10.3. The van der Waals surface area contributed by atoms with Crippen molar-refractivity contribution < 1.29 is 0 Å². The third kappa shape index (κ3) is 2.64. The van der Waals surface area contributed by atoms with Crippen LogP contribution in [0, 0.1) is 18.3 Å². The van der Waals surface area contributed by atoms with E-state index in [1.807, 2.05) is 12.1 Å². The third-order valence-electron chi connectivity index (χ3n) is 2.67. The fraction of sp³-hybridized carbons (Fsp3) is 0.214. The molecular formula is C14H14N4. The summed E-state index contributed by atoms with van der Waals surface area (Å²) in [5, 5.41) is 8.61. The molecule has 0 amide bonds. The van der Waals surface area contributed by atoms with Gasteiger partial charge in [-0.2, -0.15) is 5.26 Å². The molecule has 0 aliphatic heterocycles. The SMILES string of the molecule is Cc1ccc(-c2cnc(N(C)CC#N)nc2)cc1. The lowest BCUT2D eigenvalue weighted by Gasteiger charge is -2.12. The Bertz CT molecular complexity index is 552. The molecule has 0 aliphatic carbocycles. The van der Waals surface area contributed by atoms with Crippen molar-refractivity contribution in [3.05, 3.63) is 42.2 Å². The van der Waals surface area contributed by atoms with Crippen molar-refractivity contribution in [3.63, 3.8) is 0 Å². The second-order valence-electron chi connectivity index (χ2n) is 4.15. The molecular weight excluding hydrogens is 224 g/mol. The molecule has 0 atom stereocenters. The fourth-order valence-electron chi connectivity index (χ4n) is 1.59. The highest BCUT2D eigenvalue weighted by atomic mass is 15.2. The quantitative estimate of drug-likeness (QED) is 0.770. The molecule has 0 spiro atoms. The maximum absolute atomic E-state index is 8.61. The molecule has 0 saturated carbocycles. The van der Waals surface area contributed by atoms with Crippen LogP contribution in [0.3, 0.4) is 0 Å². The van der Waals surface area contributed by atoms with Gasteiger partial charge in [-0.1, -0.05) is 29.8 Å². The first kappa shape index (κ1) is 12.1. The molecule has 2 aromatic rings. The van der Waals surface area contributed by atoms with Gasteiger partial charge in [0.25, 0.3) is 0 Å². The molecule has 1 aromatic carbocycles. The summed E-state index contributed by atoms with van der Waals surface area (Å²) in [6.45, 7) is 2.34.